The Morgan fingerprint density at radius 2 is 1.84 bits per heavy atom. The van der Waals surface area contributed by atoms with E-state index < -0.39 is 11.5 Å². The Bertz CT molecular complexity index is 453. The lowest BCUT2D eigenvalue weighted by Crippen LogP contribution is -2.51. The highest BCUT2D eigenvalue weighted by atomic mass is 16.4. The van der Waals surface area contributed by atoms with Gasteiger partial charge in [-0.3, -0.25) is 14.6 Å². The molecule has 0 aliphatic heterocycles. The predicted molar refractivity (Wildman–Crippen MR) is 69.8 cm³/mol. The van der Waals surface area contributed by atoms with E-state index in [-0.39, 0.29) is 12.3 Å². The van der Waals surface area contributed by atoms with Gasteiger partial charge in [0.2, 0.25) is 0 Å². The van der Waals surface area contributed by atoms with Crippen molar-refractivity contribution < 1.29 is 14.7 Å². The highest BCUT2D eigenvalue weighted by molar-refractivity contribution is 5.94. The van der Waals surface area contributed by atoms with E-state index >= 15 is 0 Å². The second-order valence-electron chi connectivity index (χ2n) is 5.10. The van der Waals surface area contributed by atoms with E-state index in [1.54, 1.807) is 24.5 Å². The number of nitrogens with zero attached hydrogens (tertiary/aromatic N) is 1. The number of hydrogen-bond acceptors (Lipinski definition) is 3. The van der Waals surface area contributed by atoms with E-state index in [2.05, 4.69) is 10.3 Å². The summed E-state index contributed by atoms with van der Waals surface area (Å²) in [6.07, 6.45) is 7.59. The van der Waals surface area contributed by atoms with Crippen molar-refractivity contribution in [1.82, 2.24) is 10.3 Å². The molecule has 0 aromatic carbocycles. The minimum absolute atomic E-state index is 0.0101. The minimum atomic E-state index is -0.864. The first-order valence-corrected chi connectivity index (χ1v) is 6.56. The summed E-state index contributed by atoms with van der Waals surface area (Å²) < 4.78 is 0. The molecule has 0 bridgehead atoms. The van der Waals surface area contributed by atoms with Crippen LogP contribution in [-0.2, 0) is 4.79 Å². The summed E-state index contributed by atoms with van der Waals surface area (Å²) in [5.41, 5.74) is -0.0740. The molecule has 1 aromatic heterocycles. The molecule has 1 saturated carbocycles. The van der Waals surface area contributed by atoms with Gasteiger partial charge in [-0.2, -0.15) is 0 Å². The van der Waals surface area contributed by atoms with Crippen LogP contribution >= 0.6 is 0 Å². The van der Waals surface area contributed by atoms with Crippen LogP contribution in [0.5, 0.6) is 0 Å². The summed E-state index contributed by atoms with van der Waals surface area (Å²) in [6, 6.07) is 3.26. The van der Waals surface area contributed by atoms with Crippen LogP contribution in [0.3, 0.4) is 0 Å². The van der Waals surface area contributed by atoms with Crippen molar-refractivity contribution in [2.24, 2.45) is 0 Å². The molecular formula is C14H18N2O3. The third-order valence-corrected chi connectivity index (χ3v) is 3.62. The van der Waals surface area contributed by atoms with Gasteiger partial charge < -0.3 is 10.4 Å². The summed E-state index contributed by atoms with van der Waals surface area (Å²) in [5, 5.41) is 12.0. The summed E-state index contributed by atoms with van der Waals surface area (Å²) >= 11 is 0. The van der Waals surface area contributed by atoms with Crippen LogP contribution in [0.1, 0.15) is 48.9 Å². The average molecular weight is 262 g/mol. The van der Waals surface area contributed by atoms with E-state index in [0.717, 1.165) is 32.1 Å². The standard InChI is InChI=1S/C14H18N2O3/c17-12(18)10-14(6-2-1-3-7-14)16-13(19)11-4-8-15-9-5-11/h4-5,8-9H,1-3,6-7,10H2,(H,16,19)(H,17,18). The van der Waals surface area contributed by atoms with E-state index in [4.69, 9.17) is 5.11 Å². The lowest BCUT2D eigenvalue weighted by atomic mass is 9.79. The predicted octanol–water partition coefficient (Wildman–Crippen LogP) is 1.99. The van der Waals surface area contributed by atoms with Crippen molar-refractivity contribution in [3.05, 3.63) is 30.1 Å². The third-order valence-electron chi connectivity index (χ3n) is 3.62. The highest BCUT2D eigenvalue weighted by Crippen LogP contribution is 2.31. The number of amides is 1. The molecule has 1 amide bonds. The molecule has 1 fully saturated rings. The van der Waals surface area contributed by atoms with Crippen molar-refractivity contribution in [2.75, 3.05) is 0 Å². The van der Waals surface area contributed by atoms with Crippen molar-refractivity contribution in [1.29, 1.82) is 0 Å². The van der Waals surface area contributed by atoms with Crippen LogP contribution in [0.2, 0.25) is 0 Å². The van der Waals surface area contributed by atoms with Gasteiger partial charge in [0.15, 0.2) is 0 Å². The van der Waals surface area contributed by atoms with Crippen LogP contribution in [0, 0.1) is 0 Å². The molecule has 5 nitrogen and oxygen atoms in total. The van der Waals surface area contributed by atoms with Gasteiger partial charge >= 0.3 is 5.97 Å². The molecule has 0 unspecified atom stereocenters. The van der Waals surface area contributed by atoms with Crippen LogP contribution < -0.4 is 5.32 Å². The third kappa shape index (κ3) is 3.53. The summed E-state index contributed by atoms with van der Waals surface area (Å²) in [6.45, 7) is 0. The number of hydrogen-bond donors (Lipinski definition) is 2. The monoisotopic (exact) mass is 262 g/mol. The Morgan fingerprint density at radius 3 is 2.42 bits per heavy atom. The Hall–Kier alpha value is -1.91. The maximum Gasteiger partial charge on any atom is 0.305 e. The molecular weight excluding hydrogens is 244 g/mol. The smallest absolute Gasteiger partial charge is 0.305 e. The van der Waals surface area contributed by atoms with Gasteiger partial charge in [-0.1, -0.05) is 19.3 Å². The second kappa shape index (κ2) is 5.82. The topological polar surface area (TPSA) is 79.3 Å². The SMILES string of the molecule is O=C(O)CC1(NC(=O)c2ccncc2)CCCCC1. The highest BCUT2D eigenvalue weighted by Gasteiger charge is 2.35. The summed E-state index contributed by atoms with van der Waals surface area (Å²) in [7, 11) is 0. The molecule has 1 heterocycles. The van der Waals surface area contributed by atoms with E-state index in [1.165, 1.54) is 0 Å². The summed E-state index contributed by atoms with van der Waals surface area (Å²) in [4.78, 5) is 27.1. The number of pyridine rings is 1. The van der Waals surface area contributed by atoms with E-state index in [0.29, 0.717) is 5.56 Å². The van der Waals surface area contributed by atoms with Crippen LogP contribution in [0.25, 0.3) is 0 Å². The van der Waals surface area contributed by atoms with Crippen LogP contribution in [0.15, 0.2) is 24.5 Å². The Morgan fingerprint density at radius 1 is 1.21 bits per heavy atom. The fourth-order valence-corrected chi connectivity index (χ4v) is 2.68. The first kappa shape index (κ1) is 13.5. The molecule has 1 aliphatic carbocycles. The first-order valence-electron chi connectivity index (χ1n) is 6.56. The Kier molecular flexibility index (Phi) is 4.14. The number of carboxylic acids is 1. The van der Waals surface area contributed by atoms with E-state index in [1.807, 2.05) is 0 Å². The molecule has 0 atom stereocenters. The van der Waals surface area contributed by atoms with Gasteiger partial charge in [0.25, 0.3) is 5.91 Å². The number of nitrogens with one attached hydrogen (secondary N) is 1. The van der Waals surface area contributed by atoms with E-state index in [9.17, 15) is 9.59 Å². The largest absolute Gasteiger partial charge is 0.481 e. The fraction of sp³-hybridized carbons (Fsp3) is 0.500. The molecule has 2 rings (SSSR count). The second-order valence-corrected chi connectivity index (χ2v) is 5.10. The maximum atomic E-state index is 12.2. The van der Waals surface area contributed by atoms with Crippen molar-refractivity contribution in [3.63, 3.8) is 0 Å². The zero-order chi connectivity index (χ0) is 13.7. The van der Waals surface area contributed by atoms with Crippen LogP contribution in [0.4, 0.5) is 0 Å². The number of carboxylic acid groups (broad SMARTS) is 1. The zero-order valence-electron chi connectivity index (χ0n) is 10.8. The molecule has 1 aromatic rings. The molecule has 19 heavy (non-hydrogen) atoms. The van der Waals surface area contributed by atoms with Gasteiger partial charge in [-0.05, 0) is 25.0 Å². The molecule has 102 valence electrons. The zero-order valence-corrected chi connectivity index (χ0v) is 10.8. The number of aliphatic carboxylic acids is 1. The molecule has 0 radical (unpaired) electrons. The van der Waals surface area contributed by atoms with Gasteiger partial charge in [0, 0.05) is 18.0 Å². The Labute approximate surface area is 112 Å². The fourth-order valence-electron chi connectivity index (χ4n) is 2.68. The molecule has 0 saturated heterocycles. The summed E-state index contributed by atoms with van der Waals surface area (Å²) in [5.74, 6) is -1.08. The molecule has 2 N–H and O–H groups in total. The van der Waals surface area contributed by atoms with Crippen molar-refractivity contribution in [3.8, 4) is 0 Å². The van der Waals surface area contributed by atoms with Crippen LogP contribution in [-0.4, -0.2) is 27.5 Å². The number of carbonyl (C=O) groups is 2. The van der Waals surface area contributed by atoms with Gasteiger partial charge in [0.05, 0.1) is 12.0 Å². The molecule has 0 spiro atoms. The normalized spacial score (nSPS) is 17.7. The van der Waals surface area contributed by atoms with Crippen molar-refractivity contribution in [2.45, 2.75) is 44.1 Å². The van der Waals surface area contributed by atoms with Gasteiger partial charge in [-0.25, -0.2) is 0 Å². The molecule has 1 aliphatic rings. The van der Waals surface area contributed by atoms with Gasteiger partial charge in [-0.15, -0.1) is 0 Å². The van der Waals surface area contributed by atoms with Gasteiger partial charge in [0.1, 0.15) is 0 Å². The average Bonchev–Trinajstić information content (AvgIpc) is 2.39. The lowest BCUT2D eigenvalue weighted by molar-refractivity contribution is -0.139. The lowest BCUT2D eigenvalue weighted by Gasteiger charge is -2.37. The maximum absolute atomic E-state index is 12.2. The Balaban J connectivity index is 2.11. The quantitative estimate of drug-likeness (QED) is 0.869. The minimum Gasteiger partial charge on any atom is -0.481 e. The number of aromatic nitrogens is 1. The van der Waals surface area contributed by atoms with Crippen molar-refractivity contribution >= 4 is 11.9 Å². The number of rotatable bonds is 4. The number of carbonyl (C=O) groups excluding carboxylic acids is 1. The first-order chi connectivity index (χ1) is 9.11. The molecule has 5 heteroatoms.